The molecule has 0 aliphatic heterocycles. The lowest BCUT2D eigenvalue weighted by molar-refractivity contribution is -0.151. The lowest BCUT2D eigenvalue weighted by atomic mass is 9.98. The van der Waals surface area contributed by atoms with Crippen LogP contribution in [0.2, 0.25) is 0 Å². The van der Waals surface area contributed by atoms with Gasteiger partial charge in [0.2, 0.25) is 0 Å². The maximum absolute atomic E-state index is 12.3. The fourth-order valence-electron chi connectivity index (χ4n) is 2.35. The monoisotopic (exact) mass is 377 g/mol. The van der Waals surface area contributed by atoms with Gasteiger partial charge < -0.3 is 14.8 Å². The Kier molecular flexibility index (Phi) is 7.28. The summed E-state index contributed by atoms with van der Waals surface area (Å²) in [7, 11) is 0. The number of alkyl halides is 2. The quantitative estimate of drug-likeness (QED) is 0.713. The summed E-state index contributed by atoms with van der Waals surface area (Å²) < 4.78 is 33.9. The van der Waals surface area contributed by atoms with E-state index in [0.29, 0.717) is 5.56 Å². The Morgan fingerprint density at radius 2 is 1.56 bits per heavy atom. The molecule has 2 aromatic carbocycles. The first-order valence-electron chi connectivity index (χ1n) is 8.42. The van der Waals surface area contributed by atoms with Crippen LogP contribution in [0, 0.1) is 5.92 Å². The fraction of sp³-hybridized carbons (Fsp3) is 0.300. The van der Waals surface area contributed by atoms with Gasteiger partial charge in [-0.25, -0.2) is 0 Å². The molecule has 0 fully saturated rings. The molecular formula is C20H21F2NO4. The predicted molar refractivity (Wildman–Crippen MR) is 95.3 cm³/mol. The van der Waals surface area contributed by atoms with Gasteiger partial charge in [-0.15, -0.1) is 0 Å². The van der Waals surface area contributed by atoms with Gasteiger partial charge in [-0.05, 0) is 23.3 Å². The molecule has 0 spiro atoms. The van der Waals surface area contributed by atoms with E-state index in [9.17, 15) is 18.4 Å². The van der Waals surface area contributed by atoms with E-state index in [2.05, 4.69) is 10.1 Å². The van der Waals surface area contributed by atoms with Gasteiger partial charge in [-0.3, -0.25) is 9.59 Å². The van der Waals surface area contributed by atoms with Crippen molar-refractivity contribution in [2.45, 2.75) is 26.5 Å². The van der Waals surface area contributed by atoms with Crippen molar-refractivity contribution < 1.29 is 27.8 Å². The molecule has 1 atom stereocenters. The number of carbonyl (C=O) groups is 2. The van der Waals surface area contributed by atoms with Crippen LogP contribution < -0.4 is 10.1 Å². The summed E-state index contributed by atoms with van der Waals surface area (Å²) >= 11 is 0. The van der Waals surface area contributed by atoms with Crippen molar-refractivity contribution in [1.29, 1.82) is 0 Å². The average Bonchev–Trinajstić information content (AvgIpc) is 2.65. The summed E-state index contributed by atoms with van der Waals surface area (Å²) in [6.07, 6.45) is 0. The number of esters is 1. The highest BCUT2D eigenvalue weighted by Crippen LogP contribution is 2.24. The first-order chi connectivity index (χ1) is 12.9. The number of ether oxygens (including phenoxy) is 2. The third-order valence-electron chi connectivity index (χ3n) is 3.69. The van der Waals surface area contributed by atoms with Crippen molar-refractivity contribution in [3.8, 4) is 5.75 Å². The average molecular weight is 377 g/mol. The molecule has 5 nitrogen and oxygen atoms in total. The van der Waals surface area contributed by atoms with Crippen LogP contribution >= 0.6 is 0 Å². The van der Waals surface area contributed by atoms with Gasteiger partial charge in [-0.1, -0.05) is 56.3 Å². The number of halogens is 2. The van der Waals surface area contributed by atoms with E-state index in [-0.39, 0.29) is 11.7 Å². The van der Waals surface area contributed by atoms with E-state index in [1.54, 1.807) is 26.0 Å². The fourth-order valence-corrected chi connectivity index (χ4v) is 2.35. The highest BCUT2D eigenvalue weighted by Gasteiger charge is 2.19. The molecule has 0 unspecified atom stereocenters. The van der Waals surface area contributed by atoms with Crippen molar-refractivity contribution in [3.05, 3.63) is 65.7 Å². The molecular weight excluding hydrogens is 356 g/mol. The first-order valence-corrected chi connectivity index (χ1v) is 8.42. The zero-order valence-electron chi connectivity index (χ0n) is 15.0. The number of hydrogen-bond donors (Lipinski definition) is 1. The Labute approximate surface area is 156 Å². The normalized spacial score (nSPS) is 11.9. The number of hydrogen-bond acceptors (Lipinski definition) is 4. The summed E-state index contributed by atoms with van der Waals surface area (Å²) in [5, 5.41) is 2.80. The third-order valence-corrected chi connectivity index (χ3v) is 3.69. The standard InChI is InChI=1S/C20H21F2NO4/c1-13(2)19(25)26-12-17(24)23-18(14-6-4-3-5-7-14)15-8-10-16(11-9-15)27-20(21)22/h3-11,13,18,20H,12H2,1-2H3,(H,23,24)/t18-/m0/s1. The lowest BCUT2D eigenvalue weighted by Gasteiger charge is -2.20. The first kappa shape index (κ1) is 20.4. The van der Waals surface area contributed by atoms with Crippen molar-refractivity contribution in [2.24, 2.45) is 5.92 Å². The molecule has 144 valence electrons. The minimum atomic E-state index is -2.91. The number of benzene rings is 2. The van der Waals surface area contributed by atoms with E-state index in [0.717, 1.165) is 5.56 Å². The summed E-state index contributed by atoms with van der Waals surface area (Å²) in [5.74, 6) is -1.23. The Morgan fingerprint density at radius 3 is 2.11 bits per heavy atom. The molecule has 2 rings (SSSR count). The second-order valence-electron chi connectivity index (χ2n) is 6.12. The van der Waals surface area contributed by atoms with E-state index >= 15 is 0 Å². The molecule has 0 heterocycles. The molecule has 1 amide bonds. The highest BCUT2D eigenvalue weighted by molar-refractivity contribution is 5.81. The van der Waals surface area contributed by atoms with Crippen LogP contribution in [-0.4, -0.2) is 25.1 Å². The van der Waals surface area contributed by atoms with Gasteiger partial charge in [-0.2, -0.15) is 8.78 Å². The molecule has 7 heteroatoms. The predicted octanol–water partition coefficient (Wildman–Crippen LogP) is 3.69. The van der Waals surface area contributed by atoms with Crippen molar-refractivity contribution in [2.75, 3.05) is 6.61 Å². The molecule has 0 aliphatic rings. The van der Waals surface area contributed by atoms with Crippen LogP contribution in [0.1, 0.15) is 31.0 Å². The molecule has 0 saturated carbocycles. The molecule has 0 bridgehead atoms. The molecule has 0 saturated heterocycles. The van der Waals surface area contributed by atoms with Gasteiger partial charge >= 0.3 is 12.6 Å². The number of carbonyl (C=O) groups excluding carboxylic acids is 2. The topological polar surface area (TPSA) is 64.6 Å². The zero-order chi connectivity index (χ0) is 19.8. The molecule has 1 N–H and O–H groups in total. The second-order valence-corrected chi connectivity index (χ2v) is 6.12. The maximum atomic E-state index is 12.3. The smallest absolute Gasteiger partial charge is 0.387 e. The minimum Gasteiger partial charge on any atom is -0.455 e. The number of rotatable bonds is 8. The Balaban J connectivity index is 2.15. The third kappa shape index (κ3) is 6.36. The van der Waals surface area contributed by atoms with Gasteiger partial charge in [0.25, 0.3) is 5.91 Å². The van der Waals surface area contributed by atoms with Gasteiger partial charge in [0.15, 0.2) is 6.61 Å². The van der Waals surface area contributed by atoms with Crippen LogP contribution in [-0.2, 0) is 14.3 Å². The Hall–Kier alpha value is -2.96. The van der Waals surface area contributed by atoms with Gasteiger partial charge in [0.1, 0.15) is 5.75 Å². The number of amides is 1. The second kappa shape index (κ2) is 9.66. The van der Waals surface area contributed by atoms with Crippen molar-refractivity contribution >= 4 is 11.9 Å². The zero-order valence-corrected chi connectivity index (χ0v) is 15.0. The van der Waals surface area contributed by atoms with E-state index < -0.39 is 31.1 Å². The van der Waals surface area contributed by atoms with Crippen LogP contribution in [0.3, 0.4) is 0 Å². The lowest BCUT2D eigenvalue weighted by Crippen LogP contribution is -2.33. The largest absolute Gasteiger partial charge is 0.455 e. The van der Waals surface area contributed by atoms with Crippen LogP contribution in [0.4, 0.5) is 8.78 Å². The SMILES string of the molecule is CC(C)C(=O)OCC(=O)N[C@@H](c1ccccc1)c1ccc(OC(F)F)cc1. The summed E-state index contributed by atoms with van der Waals surface area (Å²) in [6, 6.07) is 14.6. The molecule has 2 aromatic rings. The van der Waals surface area contributed by atoms with Crippen molar-refractivity contribution in [3.63, 3.8) is 0 Å². The van der Waals surface area contributed by atoms with Gasteiger partial charge in [0.05, 0.1) is 12.0 Å². The minimum absolute atomic E-state index is 0.0257. The molecule has 0 radical (unpaired) electrons. The van der Waals surface area contributed by atoms with Gasteiger partial charge in [0, 0.05) is 0 Å². The van der Waals surface area contributed by atoms with E-state index in [1.165, 1.54) is 12.1 Å². The molecule has 0 aromatic heterocycles. The Bertz CT molecular complexity index is 748. The maximum Gasteiger partial charge on any atom is 0.387 e. The molecule has 0 aliphatic carbocycles. The van der Waals surface area contributed by atoms with Crippen LogP contribution in [0.5, 0.6) is 5.75 Å². The van der Waals surface area contributed by atoms with E-state index in [4.69, 9.17) is 4.74 Å². The summed E-state index contributed by atoms with van der Waals surface area (Å²) in [6.45, 7) is 0.0510. The van der Waals surface area contributed by atoms with Crippen molar-refractivity contribution in [1.82, 2.24) is 5.32 Å². The Morgan fingerprint density at radius 1 is 0.963 bits per heavy atom. The van der Waals surface area contributed by atoms with Crippen LogP contribution in [0.15, 0.2) is 54.6 Å². The highest BCUT2D eigenvalue weighted by atomic mass is 19.3. The van der Waals surface area contributed by atoms with E-state index in [1.807, 2.05) is 30.3 Å². The summed E-state index contributed by atoms with van der Waals surface area (Å²) in [5.41, 5.74) is 1.47. The number of nitrogens with one attached hydrogen (secondary N) is 1. The van der Waals surface area contributed by atoms with Crippen LogP contribution in [0.25, 0.3) is 0 Å². The molecule has 27 heavy (non-hydrogen) atoms. The summed E-state index contributed by atoms with van der Waals surface area (Å²) in [4.78, 5) is 23.7.